The molecule has 0 amide bonds. The summed E-state index contributed by atoms with van der Waals surface area (Å²) >= 11 is 0. The van der Waals surface area contributed by atoms with Crippen LogP contribution in [0.3, 0.4) is 0 Å². The number of nitrogens with zero attached hydrogens (tertiary/aromatic N) is 4. The van der Waals surface area contributed by atoms with Crippen LogP contribution in [-0.4, -0.2) is 33.0 Å². The van der Waals surface area contributed by atoms with Crippen molar-refractivity contribution in [2.45, 2.75) is 32.7 Å². The van der Waals surface area contributed by atoms with E-state index in [-0.39, 0.29) is 6.04 Å². The van der Waals surface area contributed by atoms with Crippen molar-refractivity contribution < 1.29 is 4.74 Å². The van der Waals surface area contributed by atoms with Crippen molar-refractivity contribution in [2.75, 3.05) is 19.5 Å². The predicted molar refractivity (Wildman–Crippen MR) is 71.5 cm³/mol. The number of hydrogen-bond acceptors (Lipinski definition) is 4. The number of hydrogen-bond donors (Lipinski definition) is 1. The summed E-state index contributed by atoms with van der Waals surface area (Å²) in [5.41, 5.74) is 8.93. The first kappa shape index (κ1) is 12.9. The van der Waals surface area contributed by atoms with Crippen molar-refractivity contribution in [3.63, 3.8) is 0 Å². The van der Waals surface area contributed by atoms with Crippen molar-refractivity contribution in [3.05, 3.63) is 5.69 Å². The first-order valence-corrected chi connectivity index (χ1v) is 6.28. The highest BCUT2D eigenvalue weighted by Crippen LogP contribution is 2.25. The van der Waals surface area contributed by atoms with Crippen LogP contribution in [-0.2, 0) is 18.2 Å². The number of aromatic nitrogens is 4. The molecule has 0 saturated heterocycles. The zero-order chi connectivity index (χ0) is 13.3. The highest BCUT2D eigenvalue weighted by atomic mass is 16.5. The number of anilines is 1. The van der Waals surface area contributed by atoms with Gasteiger partial charge >= 0.3 is 0 Å². The number of fused-ring (bicyclic) bond motifs is 1. The first-order chi connectivity index (χ1) is 8.60. The van der Waals surface area contributed by atoms with Gasteiger partial charge in [-0.2, -0.15) is 5.10 Å². The molecule has 0 saturated carbocycles. The lowest BCUT2D eigenvalue weighted by molar-refractivity contribution is 0.164. The maximum absolute atomic E-state index is 6.02. The molecule has 2 rings (SSSR count). The van der Waals surface area contributed by atoms with Gasteiger partial charge in [0.25, 0.3) is 0 Å². The Morgan fingerprint density at radius 3 is 2.78 bits per heavy atom. The average molecular weight is 251 g/mol. The van der Waals surface area contributed by atoms with Crippen LogP contribution in [0.25, 0.3) is 11.2 Å². The van der Waals surface area contributed by atoms with Crippen LogP contribution in [0.1, 0.15) is 32.0 Å². The molecule has 2 heterocycles. The van der Waals surface area contributed by atoms with Gasteiger partial charge in [0.1, 0.15) is 5.52 Å². The summed E-state index contributed by atoms with van der Waals surface area (Å²) in [5.74, 6) is 0.528. The molecule has 0 aliphatic rings. The van der Waals surface area contributed by atoms with E-state index in [1.54, 1.807) is 7.11 Å². The van der Waals surface area contributed by atoms with E-state index >= 15 is 0 Å². The summed E-state index contributed by atoms with van der Waals surface area (Å²) in [4.78, 5) is 4.46. The van der Waals surface area contributed by atoms with Gasteiger partial charge in [0.05, 0.1) is 18.3 Å². The second-order valence-corrected chi connectivity index (χ2v) is 4.64. The molecule has 18 heavy (non-hydrogen) atoms. The zero-order valence-electron chi connectivity index (χ0n) is 11.5. The molecule has 0 radical (unpaired) electrons. The lowest BCUT2D eigenvalue weighted by Gasteiger charge is -2.14. The number of aryl methyl sites for hydroxylation is 2. The van der Waals surface area contributed by atoms with E-state index in [1.165, 1.54) is 0 Å². The van der Waals surface area contributed by atoms with E-state index in [0.717, 1.165) is 29.7 Å². The Bertz CT molecular complexity index is 542. The normalized spacial score (nSPS) is 13.3. The third-order valence-electron chi connectivity index (χ3n) is 3.10. The van der Waals surface area contributed by atoms with Crippen molar-refractivity contribution in [3.8, 4) is 0 Å². The number of rotatable bonds is 5. The maximum atomic E-state index is 6.02. The van der Waals surface area contributed by atoms with Gasteiger partial charge in [-0.3, -0.25) is 9.25 Å². The molecule has 0 aliphatic carbocycles. The molecule has 1 atom stereocenters. The Balaban J connectivity index is 2.56. The number of nitrogen functional groups attached to an aromatic ring is 1. The Labute approximate surface area is 107 Å². The molecule has 0 spiro atoms. The minimum Gasteiger partial charge on any atom is -0.383 e. The fourth-order valence-corrected chi connectivity index (χ4v) is 2.38. The molecule has 6 heteroatoms. The van der Waals surface area contributed by atoms with Gasteiger partial charge in [-0.25, -0.2) is 4.98 Å². The van der Waals surface area contributed by atoms with Crippen LogP contribution in [0.2, 0.25) is 0 Å². The SMILES string of the molecule is CCCc1nn(C)c2c1nc(N)n2C(C)COC. The van der Waals surface area contributed by atoms with Crippen LogP contribution in [0, 0.1) is 0 Å². The zero-order valence-corrected chi connectivity index (χ0v) is 11.5. The second-order valence-electron chi connectivity index (χ2n) is 4.64. The van der Waals surface area contributed by atoms with Crippen LogP contribution >= 0.6 is 0 Å². The van der Waals surface area contributed by atoms with Gasteiger partial charge in [-0.15, -0.1) is 0 Å². The molecule has 6 nitrogen and oxygen atoms in total. The van der Waals surface area contributed by atoms with Gasteiger partial charge in [-0.05, 0) is 13.3 Å². The summed E-state index contributed by atoms with van der Waals surface area (Å²) < 4.78 is 9.04. The van der Waals surface area contributed by atoms with E-state index in [2.05, 4.69) is 23.9 Å². The number of imidazole rings is 1. The van der Waals surface area contributed by atoms with Crippen molar-refractivity contribution in [1.29, 1.82) is 0 Å². The summed E-state index contributed by atoms with van der Waals surface area (Å²) in [6.45, 7) is 4.80. The summed E-state index contributed by atoms with van der Waals surface area (Å²) in [5, 5.41) is 4.52. The van der Waals surface area contributed by atoms with Gasteiger partial charge in [0.15, 0.2) is 5.65 Å². The molecule has 100 valence electrons. The van der Waals surface area contributed by atoms with Gasteiger partial charge in [-0.1, -0.05) is 13.3 Å². The summed E-state index contributed by atoms with van der Waals surface area (Å²) in [6, 6.07) is 0.143. The first-order valence-electron chi connectivity index (χ1n) is 6.28. The molecule has 0 aromatic carbocycles. The molecule has 2 aromatic heterocycles. The maximum Gasteiger partial charge on any atom is 0.202 e. The fraction of sp³-hybridized carbons (Fsp3) is 0.667. The van der Waals surface area contributed by atoms with Crippen molar-refractivity contribution in [2.24, 2.45) is 7.05 Å². The van der Waals surface area contributed by atoms with Crippen LogP contribution < -0.4 is 5.73 Å². The van der Waals surface area contributed by atoms with E-state index in [4.69, 9.17) is 10.5 Å². The largest absolute Gasteiger partial charge is 0.383 e. The number of nitrogens with two attached hydrogens (primary N) is 1. The second kappa shape index (κ2) is 4.97. The molecule has 2 aromatic rings. The molecule has 0 fully saturated rings. The highest BCUT2D eigenvalue weighted by Gasteiger charge is 2.20. The molecule has 1 unspecified atom stereocenters. The Kier molecular flexibility index (Phi) is 3.56. The Morgan fingerprint density at radius 2 is 2.17 bits per heavy atom. The molecule has 2 N–H and O–H groups in total. The minimum absolute atomic E-state index is 0.143. The van der Waals surface area contributed by atoms with E-state index in [9.17, 15) is 0 Å². The van der Waals surface area contributed by atoms with Crippen LogP contribution in [0.4, 0.5) is 5.95 Å². The third-order valence-corrected chi connectivity index (χ3v) is 3.10. The van der Waals surface area contributed by atoms with Gasteiger partial charge < -0.3 is 10.5 Å². The molecular weight excluding hydrogens is 230 g/mol. The lowest BCUT2D eigenvalue weighted by Crippen LogP contribution is -2.15. The topological polar surface area (TPSA) is 70.9 Å². The van der Waals surface area contributed by atoms with Gasteiger partial charge in [0.2, 0.25) is 5.95 Å². The number of methoxy groups -OCH3 is 1. The van der Waals surface area contributed by atoms with Gasteiger partial charge in [0, 0.05) is 14.2 Å². The Morgan fingerprint density at radius 1 is 1.44 bits per heavy atom. The third kappa shape index (κ3) is 1.96. The number of ether oxygens (including phenoxy) is 1. The minimum atomic E-state index is 0.143. The molecule has 0 aliphatic heterocycles. The summed E-state index contributed by atoms with van der Waals surface area (Å²) in [7, 11) is 3.62. The predicted octanol–water partition coefficient (Wildman–Crippen LogP) is 1.51. The van der Waals surface area contributed by atoms with E-state index < -0.39 is 0 Å². The summed E-state index contributed by atoms with van der Waals surface area (Å²) in [6.07, 6.45) is 1.97. The van der Waals surface area contributed by atoms with Crippen LogP contribution in [0.15, 0.2) is 0 Å². The monoisotopic (exact) mass is 251 g/mol. The molecular formula is C12H21N5O. The molecule has 0 bridgehead atoms. The quantitative estimate of drug-likeness (QED) is 0.874. The smallest absolute Gasteiger partial charge is 0.202 e. The van der Waals surface area contributed by atoms with Crippen molar-refractivity contribution >= 4 is 17.1 Å². The lowest BCUT2D eigenvalue weighted by atomic mass is 10.2. The average Bonchev–Trinajstić information content (AvgIpc) is 2.78. The van der Waals surface area contributed by atoms with E-state index in [1.807, 2.05) is 16.3 Å². The highest BCUT2D eigenvalue weighted by molar-refractivity contribution is 5.78. The standard InChI is InChI=1S/C12H21N5O/c1-5-6-9-10-11(16(3)15-9)17(12(13)14-10)8(2)7-18-4/h8H,5-7H2,1-4H3,(H2,13,14). The Hall–Kier alpha value is -1.56. The fourth-order valence-electron chi connectivity index (χ4n) is 2.38. The van der Waals surface area contributed by atoms with Crippen molar-refractivity contribution in [1.82, 2.24) is 19.3 Å². The van der Waals surface area contributed by atoms with E-state index in [0.29, 0.717) is 12.6 Å². The van der Waals surface area contributed by atoms with Crippen LogP contribution in [0.5, 0.6) is 0 Å².